The van der Waals surface area contributed by atoms with Crippen molar-refractivity contribution in [3.63, 3.8) is 0 Å². The molecule has 0 amide bonds. The molecule has 4 nitrogen and oxygen atoms in total. The van der Waals surface area contributed by atoms with E-state index in [2.05, 4.69) is 5.10 Å². The van der Waals surface area contributed by atoms with Gasteiger partial charge in [-0.15, -0.1) is 0 Å². The maximum absolute atomic E-state index is 12.0. The summed E-state index contributed by atoms with van der Waals surface area (Å²) in [4.78, 5) is 12.0. The molecule has 2 rings (SSSR count). The highest BCUT2D eigenvalue weighted by molar-refractivity contribution is 7.71. The molecule has 0 fully saturated rings. The van der Waals surface area contributed by atoms with Crippen LogP contribution in [0.2, 0.25) is 0 Å². The van der Waals surface area contributed by atoms with Crippen molar-refractivity contribution in [2.45, 2.75) is 6.92 Å². The minimum atomic E-state index is -0.391. The molecule has 0 aliphatic rings. The van der Waals surface area contributed by atoms with Gasteiger partial charge in [0.25, 0.3) is 0 Å². The molecule has 0 unspecified atom stereocenters. The SMILES string of the molecule is CCOC(=O)c1c(-c2ccccc2)[nH]n(C)c1=S. The first-order valence-electron chi connectivity index (χ1n) is 5.66. The molecule has 2 aromatic rings. The molecule has 0 atom stereocenters. The van der Waals surface area contributed by atoms with Gasteiger partial charge in [0, 0.05) is 12.6 Å². The van der Waals surface area contributed by atoms with E-state index < -0.39 is 5.97 Å². The third-order valence-electron chi connectivity index (χ3n) is 2.59. The largest absolute Gasteiger partial charge is 0.462 e. The summed E-state index contributed by atoms with van der Waals surface area (Å²) in [6.45, 7) is 2.10. The second-order valence-electron chi connectivity index (χ2n) is 3.81. The lowest BCUT2D eigenvalue weighted by Crippen LogP contribution is -2.05. The fourth-order valence-electron chi connectivity index (χ4n) is 1.76. The number of H-pyrrole nitrogens is 1. The number of carbonyl (C=O) groups excluding carboxylic acids is 1. The minimum absolute atomic E-state index is 0.330. The normalized spacial score (nSPS) is 10.3. The van der Waals surface area contributed by atoms with E-state index in [4.69, 9.17) is 17.0 Å². The number of nitrogens with zero attached hydrogens (tertiary/aromatic N) is 1. The molecule has 1 aromatic carbocycles. The van der Waals surface area contributed by atoms with E-state index in [0.29, 0.717) is 22.5 Å². The third-order valence-corrected chi connectivity index (χ3v) is 3.07. The number of ether oxygens (including phenoxy) is 1. The summed E-state index contributed by atoms with van der Waals surface area (Å²) in [6.07, 6.45) is 0. The summed E-state index contributed by atoms with van der Waals surface area (Å²) in [6, 6.07) is 9.58. The van der Waals surface area contributed by atoms with Crippen LogP contribution in [0.4, 0.5) is 0 Å². The lowest BCUT2D eigenvalue weighted by atomic mass is 10.1. The fraction of sp³-hybridized carbons (Fsp3) is 0.231. The number of carbonyl (C=O) groups is 1. The van der Waals surface area contributed by atoms with Gasteiger partial charge < -0.3 is 4.74 Å². The number of aromatic nitrogens is 2. The molecule has 94 valence electrons. The molecule has 0 saturated carbocycles. The highest BCUT2D eigenvalue weighted by Gasteiger charge is 2.19. The zero-order valence-electron chi connectivity index (χ0n) is 10.3. The first-order valence-corrected chi connectivity index (χ1v) is 6.07. The van der Waals surface area contributed by atoms with Gasteiger partial charge in [0.2, 0.25) is 0 Å². The Bertz CT molecular complexity index is 614. The maximum atomic E-state index is 12.0. The van der Waals surface area contributed by atoms with Crippen LogP contribution in [0.15, 0.2) is 30.3 Å². The Morgan fingerprint density at radius 2 is 2.06 bits per heavy atom. The Morgan fingerprint density at radius 1 is 1.39 bits per heavy atom. The molecule has 0 saturated heterocycles. The monoisotopic (exact) mass is 262 g/mol. The van der Waals surface area contributed by atoms with Crippen molar-refractivity contribution in [2.75, 3.05) is 6.61 Å². The smallest absolute Gasteiger partial charge is 0.343 e. The van der Waals surface area contributed by atoms with Crippen LogP contribution in [0.5, 0.6) is 0 Å². The van der Waals surface area contributed by atoms with E-state index in [1.54, 1.807) is 18.7 Å². The van der Waals surface area contributed by atoms with Gasteiger partial charge in [0.05, 0.1) is 12.3 Å². The summed E-state index contributed by atoms with van der Waals surface area (Å²) >= 11 is 5.24. The number of hydrogen-bond donors (Lipinski definition) is 1. The summed E-state index contributed by atoms with van der Waals surface area (Å²) in [5, 5.41) is 3.08. The van der Waals surface area contributed by atoms with E-state index in [1.165, 1.54) is 0 Å². The van der Waals surface area contributed by atoms with E-state index in [-0.39, 0.29) is 0 Å². The Hall–Kier alpha value is -1.88. The molecule has 1 N–H and O–H groups in total. The van der Waals surface area contributed by atoms with Crippen molar-refractivity contribution in [1.82, 2.24) is 9.78 Å². The average molecular weight is 262 g/mol. The highest BCUT2D eigenvalue weighted by Crippen LogP contribution is 2.23. The second kappa shape index (κ2) is 5.18. The number of esters is 1. The third kappa shape index (κ3) is 2.22. The first kappa shape index (κ1) is 12.6. The number of hydrogen-bond acceptors (Lipinski definition) is 3. The standard InChI is InChI=1S/C13H14N2O2S/c1-3-17-13(16)10-11(14-15(2)12(10)18)9-7-5-4-6-8-9/h4-8,14H,3H2,1-2H3. The van der Waals surface area contributed by atoms with E-state index in [9.17, 15) is 4.79 Å². The molecular weight excluding hydrogens is 248 g/mol. The molecule has 0 radical (unpaired) electrons. The van der Waals surface area contributed by atoms with Crippen molar-refractivity contribution < 1.29 is 9.53 Å². The van der Waals surface area contributed by atoms with Gasteiger partial charge in [0.15, 0.2) is 0 Å². The van der Waals surface area contributed by atoms with Gasteiger partial charge in [-0.3, -0.25) is 9.78 Å². The van der Waals surface area contributed by atoms with E-state index in [1.807, 2.05) is 30.3 Å². The Morgan fingerprint density at radius 3 is 2.67 bits per heavy atom. The molecule has 0 spiro atoms. The number of rotatable bonds is 3. The van der Waals surface area contributed by atoms with Crippen LogP contribution in [0.25, 0.3) is 11.3 Å². The summed E-state index contributed by atoms with van der Waals surface area (Å²) < 4.78 is 7.14. The Kier molecular flexibility index (Phi) is 3.62. The van der Waals surface area contributed by atoms with Crippen LogP contribution >= 0.6 is 12.2 Å². The van der Waals surface area contributed by atoms with Crippen LogP contribution in [0.3, 0.4) is 0 Å². The van der Waals surface area contributed by atoms with Gasteiger partial charge in [-0.05, 0) is 6.92 Å². The summed E-state index contributed by atoms with van der Waals surface area (Å²) in [5.41, 5.74) is 2.02. The summed E-state index contributed by atoms with van der Waals surface area (Å²) in [7, 11) is 1.78. The van der Waals surface area contributed by atoms with Crippen molar-refractivity contribution >= 4 is 18.2 Å². The lowest BCUT2D eigenvalue weighted by molar-refractivity contribution is 0.0526. The fourth-order valence-corrected chi connectivity index (χ4v) is 1.99. The quantitative estimate of drug-likeness (QED) is 0.683. The van der Waals surface area contributed by atoms with Gasteiger partial charge in [0.1, 0.15) is 10.2 Å². The number of aromatic amines is 1. The van der Waals surface area contributed by atoms with Gasteiger partial charge in [-0.25, -0.2) is 4.79 Å². The average Bonchev–Trinajstić information content (AvgIpc) is 2.67. The predicted octanol–water partition coefficient (Wildman–Crippen LogP) is 2.93. The first-order chi connectivity index (χ1) is 8.65. The Labute approximate surface area is 110 Å². The van der Waals surface area contributed by atoms with Crippen molar-refractivity contribution in [3.8, 4) is 11.3 Å². The highest BCUT2D eigenvalue weighted by atomic mass is 32.1. The van der Waals surface area contributed by atoms with Crippen LogP contribution in [-0.2, 0) is 11.8 Å². The number of nitrogens with one attached hydrogen (secondary N) is 1. The van der Waals surface area contributed by atoms with Crippen molar-refractivity contribution in [1.29, 1.82) is 0 Å². The minimum Gasteiger partial charge on any atom is -0.462 e. The zero-order valence-corrected chi connectivity index (χ0v) is 11.1. The van der Waals surface area contributed by atoms with E-state index >= 15 is 0 Å². The van der Waals surface area contributed by atoms with Gasteiger partial charge in [-0.2, -0.15) is 0 Å². The van der Waals surface area contributed by atoms with Crippen LogP contribution < -0.4 is 0 Å². The molecular formula is C13H14N2O2S. The molecule has 0 aliphatic heterocycles. The number of benzene rings is 1. The molecule has 5 heteroatoms. The molecule has 0 bridgehead atoms. The van der Waals surface area contributed by atoms with Crippen molar-refractivity contribution in [2.24, 2.45) is 7.05 Å². The summed E-state index contributed by atoms with van der Waals surface area (Å²) in [5.74, 6) is -0.391. The van der Waals surface area contributed by atoms with Gasteiger partial charge >= 0.3 is 5.97 Å². The van der Waals surface area contributed by atoms with E-state index in [0.717, 1.165) is 5.56 Å². The van der Waals surface area contributed by atoms with Crippen LogP contribution in [0, 0.1) is 4.64 Å². The molecule has 1 aromatic heterocycles. The Balaban J connectivity index is 2.59. The van der Waals surface area contributed by atoms with Crippen molar-refractivity contribution in [3.05, 3.63) is 40.5 Å². The topological polar surface area (TPSA) is 47.0 Å². The molecule has 18 heavy (non-hydrogen) atoms. The zero-order chi connectivity index (χ0) is 13.1. The predicted molar refractivity (Wildman–Crippen MR) is 72.0 cm³/mol. The lowest BCUT2D eigenvalue weighted by Gasteiger charge is -2.02. The maximum Gasteiger partial charge on any atom is 0.343 e. The van der Waals surface area contributed by atoms with Crippen LogP contribution in [0.1, 0.15) is 17.3 Å². The van der Waals surface area contributed by atoms with Gasteiger partial charge in [-0.1, -0.05) is 42.5 Å². The van der Waals surface area contributed by atoms with Crippen LogP contribution in [-0.4, -0.2) is 22.4 Å². The second-order valence-corrected chi connectivity index (χ2v) is 4.20. The number of aryl methyl sites for hydroxylation is 1. The molecule has 0 aliphatic carbocycles. The molecule has 1 heterocycles.